The fourth-order valence-corrected chi connectivity index (χ4v) is 4.09. The first-order chi connectivity index (χ1) is 9.77. The van der Waals surface area contributed by atoms with Crippen LogP contribution in [0.2, 0.25) is 5.02 Å². The van der Waals surface area contributed by atoms with E-state index in [4.69, 9.17) is 11.6 Å². The van der Waals surface area contributed by atoms with Gasteiger partial charge in [-0.05, 0) is 39.1 Å². The van der Waals surface area contributed by atoms with Gasteiger partial charge in [0.15, 0.2) is 6.10 Å². The minimum Gasteiger partial charge on any atom is -0.598 e. The molecule has 0 unspecified atom stereocenters. The Bertz CT molecular complexity index is 480. The predicted molar refractivity (Wildman–Crippen MR) is 84.4 cm³/mol. The van der Waals surface area contributed by atoms with Gasteiger partial charge >= 0.3 is 6.18 Å². The maximum atomic E-state index is 12.7. The minimum absolute atomic E-state index is 0.278. The maximum Gasteiger partial charge on any atom is 0.414 e. The summed E-state index contributed by atoms with van der Waals surface area (Å²) in [5, 5.41) is 11.3. The normalized spacial score (nSPS) is 18.8. The summed E-state index contributed by atoms with van der Waals surface area (Å²) < 4.78 is 52.5. The molecule has 3 atom stereocenters. The molecule has 0 aromatic carbocycles. The highest BCUT2D eigenvalue weighted by molar-refractivity contribution is 7.90. The van der Waals surface area contributed by atoms with Gasteiger partial charge in [0.1, 0.15) is 4.75 Å². The van der Waals surface area contributed by atoms with Crippen LogP contribution in [0.5, 0.6) is 0 Å². The number of alkyl halides is 3. The smallest absolute Gasteiger partial charge is 0.414 e. The van der Waals surface area contributed by atoms with E-state index in [-0.39, 0.29) is 5.02 Å². The zero-order chi connectivity index (χ0) is 17.3. The summed E-state index contributed by atoms with van der Waals surface area (Å²) in [6.45, 7) is 6.57. The van der Waals surface area contributed by atoms with Crippen LogP contribution in [-0.2, 0) is 16.9 Å². The van der Waals surface area contributed by atoms with Gasteiger partial charge in [0.25, 0.3) is 0 Å². The van der Waals surface area contributed by atoms with Crippen LogP contribution in [-0.4, -0.2) is 26.7 Å². The van der Waals surface area contributed by atoms with Gasteiger partial charge in [-0.3, -0.25) is 0 Å². The van der Waals surface area contributed by atoms with Crippen LogP contribution in [0.15, 0.2) is 11.4 Å². The van der Waals surface area contributed by atoms with Crippen molar-refractivity contribution in [2.24, 2.45) is 0 Å². The number of halogens is 4. The van der Waals surface area contributed by atoms with Crippen LogP contribution in [0.1, 0.15) is 39.0 Å². The molecule has 0 spiro atoms. The van der Waals surface area contributed by atoms with Crippen LogP contribution >= 0.6 is 22.9 Å². The van der Waals surface area contributed by atoms with Crippen molar-refractivity contribution < 1.29 is 22.8 Å². The lowest BCUT2D eigenvalue weighted by molar-refractivity contribution is -0.209. The lowest BCUT2D eigenvalue weighted by atomic mass is 9.93. The Morgan fingerprint density at radius 1 is 1.36 bits per heavy atom. The SMILES string of the molecule is CC(C)(C)[S@@+]([O-])N[C@@](C)(C[C@H](O)C(F)(F)F)c1sccc1Cl. The van der Waals surface area contributed by atoms with Crippen molar-refractivity contribution in [1.82, 2.24) is 4.72 Å². The van der Waals surface area contributed by atoms with Crippen LogP contribution in [0.25, 0.3) is 0 Å². The molecular formula is C13H19ClF3NO2S2. The third-order valence-electron chi connectivity index (χ3n) is 2.97. The molecular weight excluding hydrogens is 359 g/mol. The molecule has 0 saturated carbocycles. The minimum atomic E-state index is -4.75. The van der Waals surface area contributed by atoms with Crippen molar-refractivity contribution in [1.29, 1.82) is 0 Å². The Hall–Kier alpha value is 0.01000. The standard InChI is InChI=1S/C13H19ClF3NO2S2/c1-11(2,3)22(20)18-12(4,7-9(19)13(15,16)17)10-8(14)5-6-21-10/h5-6,9,18-19H,7H2,1-4H3/t9-,12-,22+/m0/s1. The van der Waals surface area contributed by atoms with Gasteiger partial charge < -0.3 is 9.66 Å². The second kappa shape index (κ2) is 6.86. The zero-order valence-electron chi connectivity index (χ0n) is 12.6. The van der Waals surface area contributed by atoms with Gasteiger partial charge in [-0.1, -0.05) is 11.6 Å². The molecule has 0 aliphatic rings. The topological polar surface area (TPSA) is 55.3 Å². The molecule has 128 valence electrons. The van der Waals surface area contributed by atoms with E-state index < -0.39 is 40.3 Å². The van der Waals surface area contributed by atoms with Crippen LogP contribution in [0.3, 0.4) is 0 Å². The largest absolute Gasteiger partial charge is 0.598 e. The molecule has 0 fully saturated rings. The molecule has 1 aromatic heterocycles. The van der Waals surface area contributed by atoms with E-state index in [0.717, 1.165) is 11.3 Å². The van der Waals surface area contributed by atoms with Crippen molar-refractivity contribution in [3.05, 3.63) is 21.3 Å². The van der Waals surface area contributed by atoms with Gasteiger partial charge in [0.05, 0.1) is 10.6 Å². The van der Waals surface area contributed by atoms with Crippen molar-refractivity contribution in [2.75, 3.05) is 0 Å². The molecule has 1 rings (SSSR count). The molecule has 9 heteroatoms. The number of rotatable bonds is 5. The Morgan fingerprint density at radius 3 is 2.27 bits per heavy atom. The van der Waals surface area contributed by atoms with Gasteiger partial charge in [0.2, 0.25) is 0 Å². The van der Waals surface area contributed by atoms with Crippen LogP contribution < -0.4 is 4.72 Å². The summed E-state index contributed by atoms with van der Waals surface area (Å²) in [4.78, 5) is 0.412. The van der Waals surface area contributed by atoms with Crippen molar-refractivity contribution in [3.8, 4) is 0 Å². The molecule has 1 aromatic rings. The predicted octanol–water partition coefficient (Wildman–Crippen LogP) is 3.98. The average Bonchev–Trinajstić information content (AvgIpc) is 2.73. The number of aliphatic hydroxyl groups is 1. The summed E-state index contributed by atoms with van der Waals surface area (Å²) in [7, 11) is 0. The van der Waals surface area contributed by atoms with E-state index in [1.165, 1.54) is 6.92 Å². The summed E-state index contributed by atoms with van der Waals surface area (Å²) in [6, 6.07) is 1.56. The molecule has 0 saturated heterocycles. The summed E-state index contributed by atoms with van der Waals surface area (Å²) in [6.07, 6.45) is -7.98. The average molecular weight is 378 g/mol. The fraction of sp³-hybridized carbons (Fsp3) is 0.692. The van der Waals surface area contributed by atoms with Gasteiger partial charge in [-0.25, -0.2) is 0 Å². The van der Waals surface area contributed by atoms with Crippen molar-refractivity contribution >= 4 is 34.3 Å². The molecule has 1 heterocycles. The van der Waals surface area contributed by atoms with E-state index in [1.54, 1.807) is 32.2 Å². The lowest BCUT2D eigenvalue weighted by Gasteiger charge is -2.36. The number of hydrogen-bond donors (Lipinski definition) is 2. The van der Waals surface area contributed by atoms with Crippen LogP contribution in [0.4, 0.5) is 13.2 Å². The second-order valence-electron chi connectivity index (χ2n) is 6.17. The summed E-state index contributed by atoms with van der Waals surface area (Å²) in [5.74, 6) is 0. The fourth-order valence-electron chi connectivity index (χ4n) is 1.73. The molecule has 3 nitrogen and oxygen atoms in total. The first kappa shape index (κ1) is 20.1. The highest BCUT2D eigenvalue weighted by Gasteiger charge is 2.47. The molecule has 0 aliphatic heterocycles. The molecule has 22 heavy (non-hydrogen) atoms. The molecule has 2 N–H and O–H groups in total. The van der Waals surface area contributed by atoms with E-state index in [0.29, 0.717) is 4.88 Å². The molecule has 0 bridgehead atoms. The number of thiophene rings is 1. The van der Waals surface area contributed by atoms with Gasteiger partial charge in [-0.2, -0.15) is 13.2 Å². The van der Waals surface area contributed by atoms with E-state index in [2.05, 4.69) is 4.72 Å². The Kier molecular flexibility index (Phi) is 6.26. The lowest BCUT2D eigenvalue weighted by Crippen LogP contribution is -2.52. The van der Waals surface area contributed by atoms with Crippen molar-refractivity contribution in [2.45, 2.75) is 56.7 Å². The van der Waals surface area contributed by atoms with E-state index in [1.807, 2.05) is 0 Å². The van der Waals surface area contributed by atoms with Crippen LogP contribution in [0, 0.1) is 0 Å². The number of aliphatic hydroxyl groups excluding tert-OH is 1. The first-order valence-electron chi connectivity index (χ1n) is 6.45. The Balaban J connectivity index is 3.14. The van der Waals surface area contributed by atoms with Gasteiger partial charge in [-0.15, -0.1) is 16.1 Å². The van der Waals surface area contributed by atoms with Crippen molar-refractivity contribution in [3.63, 3.8) is 0 Å². The number of hydrogen-bond acceptors (Lipinski definition) is 4. The van der Waals surface area contributed by atoms with E-state index in [9.17, 15) is 22.8 Å². The molecule has 0 aliphatic carbocycles. The maximum absolute atomic E-state index is 12.7. The molecule has 0 radical (unpaired) electrons. The molecule has 0 amide bonds. The second-order valence-corrected chi connectivity index (χ2v) is 9.46. The third-order valence-corrected chi connectivity index (χ3v) is 6.33. The first-order valence-corrected chi connectivity index (χ1v) is 8.86. The number of nitrogens with one attached hydrogen (secondary N) is 1. The van der Waals surface area contributed by atoms with E-state index >= 15 is 0 Å². The zero-order valence-corrected chi connectivity index (χ0v) is 15.0. The summed E-state index contributed by atoms with van der Waals surface area (Å²) >= 11 is 5.56. The highest BCUT2D eigenvalue weighted by atomic mass is 35.5. The monoisotopic (exact) mass is 377 g/mol. The summed E-state index contributed by atoms with van der Waals surface area (Å²) in [5.41, 5.74) is -1.36. The van der Waals surface area contributed by atoms with Gasteiger partial charge in [0, 0.05) is 22.7 Å². The highest BCUT2D eigenvalue weighted by Crippen LogP contribution is 2.40. The Labute approximate surface area is 140 Å². The quantitative estimate of drug-likeness (QED) is 0.763. The Morgan fingerprint density at radius 2 is 1.91 bits per heavy atom. The third kappa shape index (κ3) is 5.01.